The second kappa shape index (κ2) is 2.86. The smallest absolute Gasteiger partial charge is 0.245 e. The minimum Gasteiger partial charge on any atom is -0.316 e. The lowest BCUT2D eigenvalue weighted by atomic mass is 10.1. The zero-order chi connectivity index (χ0) is 9.31. The lowest BCUT2D eigenvalue weighted by molar-refractivity contribution is -0.119. The number of carbonyl (C=O) groups excluding carboxylic acids is 1. The Bertz CT molecular complexity index is 359. The van der Waals surface area contributed by atoms with Crippen LogP contribution in [0.25, 0.3) is 0 Å². The summed E-state index contributed by atoms with van der Waals surface area (Å²) in [5.41, 5.74) is -0.718. The predicted molar refractivity (Wildman–Crippen MR) is 50.2 cm³/mol. The fraction of sp³-hybridized carbons (Fsp3) is 0.333. The topological polar surface area (TPSA) is 52.9 Å². The van der Waals surface area contributed by atoms with Gasteiger partial charge in [0.05, 0.1) is 11.1 Å². The van der Waals surface area contributed by atoms with Crippen molar-refractivity contribution < 1.29 is 4.79 Å². The van der Waals surface area contributed by atoms with Gasteiger partial charge in [-0.15, -0.1) is 11.3 Å². The quantitative estimate of drug-likeness (QED) is 0.779. The van der Waals surface area contributed by atoms with E-state index < -0.39 is 5.41 Å². The third-order valence-electron chi connectivity index (χ3n) is 2.16. The first kappa shape index (κ1) is 8.27. The van der Waals surface area contributed by atoms with Gasteiger partial charge in [-0.25, -0.2) is 0 Å². The summed E-state index contributed by atoms with van der Waals surface area (Å²) in [6.07, 6.45) is 1.39. The first-order valence-corrected chi connectivity index (χ1v) is 4.91. The van der Waals surface area contributed by atoms with Crippen LogP contribution in [-0.2, 0) is 4.79 Å². The van der Waals surface area contributed by atoms with Crippen LogP contribution in [0.15, 0.2) is 17.5 Å². The summed E-state index contributed by atoms with van der Waals surface area (Å²) >= 11 is 1.46. The fourth-order valence-corrected chi connectivity index (χ4v) is 1.71. The summed E-state index contributed by atoms with van der Waals surface area (Å²) in [6.45, 7) is 0. The largest absolute Gasteiger partial charge is 0.316 e. The first-order chi connectivity index (χ1) is 6.27. The molecule has 0 bridgehead atoms. The van der Waals surface area contributed by atoms with Crippen LogP contribution < -0.4 is 5.32 Å². The van der Waals surface area contributed by atoms with E-state index in [1.807, 2.05) is 17.5 Å². The number of carbonyl (C=O) groups is 1. The second-order valence-corrected chi connectivity index (χ2v) is 4.07. The van der Waals surface area contributed by atoms with E-state index in [0.717, 1.165) is 5.00 Å². The van der Waals surface area contributed by atoms with Crippen LogP contribution in [-0.4, -0.2) is 5.91 Å². The van der Waals surface area contributed by atoms with Crippen molar-refractivity contribution in [1.82, 2.24) is 0 Å². The third-order valence-corrected chi connectivity index (χ3v) is 2.94. The number of amides is 1. The summed E-state index contributed by atoms with van der Waals surface area (Å²) in [4.78, 5) is 11.5. The second-order valence-electron chi connectivity index (χ2n) is 3.13. The summed E-state index contributed by atoms with van der Waals surface area (Å²) in [5, 5.41) is 14.2. The van der Waals surface area contributed by atoms with Crippen LogP contribution in [0.4, 0.5) is 5.00 Å². The van der Waals surface area contributed by atoms with Crippen molar-refractivity contribution in [3.63, 3.8) is 0 Å². The first-order valence-electron chi connectivity index (χ1n) is 4.03. The van der Waals surface area contributed by atoms with E-state index in [1.165, 1.54) is 11.3 Å². The molecule has 0 saturated heterocycles. The summed E-state index contributed by atoms with van der Waals surface area (Å²) < 4.78 is 0. The molecule has 1 aromatic rings. The molecule has 66 valence electrons. The Morgan fingerprint density at radius 2 is 2.46 bits per heavy atom. The molecule has 3 nitrogen and oxygen atoms in total. The number of hydrogen-bond acceptors (Lipinski definition) is 3. The number of hydrogen-bond donors (Lipinski definition) is 1. The monoisotopic (exact) mass is 192 g/mol. The van der Waals surface area contributed by atoms with Crippen molar-refractivity contribution in [2.45, 2.75) is 12.8 Å². The minimum atomic E-state index is -0.718. The van der Waals surface area contributed by atoms with Crippen molar-refractivity contribution >= 4 is 22.2 Å². The SMILES string of the molecule is N#CC1(C(=O)Nc2cccs2)CC1. The van der Waals surface area contributed by atoms with Gasteiger partial charge in [-0.1, -0.05) is 0 Å². The average molecular weight is 192 g/mol. The van der Waals surface area contributed by atoms with Crippen LogP contribution in [0.1, 0.15) is 12.8 Å². The molecule has 1 aromatic heterocycles. The highest BCUT2D eigenvalue weighted by Gasteiger charge is 2.50. The van der Waals surface area contributed by atoms with Crippen LogP contribution in [0.3, 0.4) is 0 Å². The van der Waals surface area contributed by atoms with Gasteiger partial charge in [0.15, 0.2) is 0 Å². The Morgan fingerprint density at radius 1 is 1.69 bits per heavy atom. The molecule has 2 rings (SSSR count). The van der Waals surface area contributed by atoms with Gasteiger partial charge < -0.3 is 5.32 Å². The highest BCUT2D eigenvalue weighted by atomic mass is 32.1. The molecule has 0 unspecified atom stereocenters. The number of nitriles is 1. The van der Waals surface area contributed by atoms with E-state index in [0.29, 0.717) is 12.8 Å². The zero-order valence-corrected chi connectivity index (χ0v) is 7.73. The van der Waals surface area contributed by atoms with Gasteiger partial charge in [0.1, 0.15) is 5.41 Å². The highest BCUT2D eigenvalue weighted by molar-refractivity contribution is 7.14. The molecule has 13 heavy (non-hydrogen) atoms. The third kappa shape index (κ3) is 1.43. The molecule has 0 aromatic carbocycles. The molecular formula is C9H8N2OS. The molecule has 0 atom stereocenters. The number of thiophene rings is 1. The molecule has 1 fully saturated rings. The molecule has 0 aliphatic heterocycles. The van der Waals surface area contributed by atoms with Gasteiger partial charge in [0.2, 0.25) is 5.91 Å². The Balaban J connectivity index is 2.05. The van der Waals surface area contributed by atoms with Crippen molar-refractivity contribution in [2.75, 3.05) is 5.32 Å². The van der Waals surface area contributed by atoms with Gasteiger partial charge in [0, 0.05) is 0 Å². The standard InChI is InChI=1S/C9H8N2OS/c10-6-9(3-4-9)8(12)11-7-2-1-5-13-7/h1-2,5H,3-4H2,(H,11,12). The van der Waals surface area contributed by atoms with Crippen molar-refractivity contribution in [1.29, 1.82) is 5.26 Å². The molecule has 0 spiro atoms. The summed E-state index contributed by atoms with van der Waals surface area (Å²) in [6, 6.07) is 5.75. The molecular weight excluding hydrogens is 184 g/mol. The van der Waals surface area contributed by atoms with Crippen molar-refractivity contribution in [3.05, 3.63) is 17.5 Å². The van der Waals surface area contributed by atoms with Crippen molar-refractivity contribution in [2.24, 2.45) is 5.41 Å². The number of anilines is 1. The predicted octanol–water partition coefficient (Wildman–Crippen LogP) is 1.99. The summed E-state index contributed by atoms with van der Waals surface area (Å²) in [7, 11) is 0. The molecule has 1 amide bonds. The van der Waals surface area contributed by atoms with E-state index in [2.05, 4.69) is 11.4 Å². The average Bonchev–Trinajstić information content (AvgIpc) is 2.79. The van der Waals surface area contributed by atoms with E-state index in [1.54, 1.807) is 0 Å². The number of nitrogens with zero attached hydrogens (tertiary/aromatic N) is 1. The van der Waals surface area contributed by atoms with Gasteiger partial charge in [-0.3, -0.25) is 4.79 Å². The number of nitrogens with one attached hydrogen (secondary N) is 1. The lowest BCUT2D eigenvalue weighted by Crippen LogP contribution is -2.22. The fourth-order valence-electron chi connectivity index (χ4n) is 1.10. The van der Waals surface area contributed by atoms with Gasteiger partial charge in [-0.2, -0.15) is 5.26 Å². The normalized spacial score (nSPS) is 17.5. The molecule has 1 saturated carbocycles. The van der Waals surface area contributed by atoms with E-state index in [4.69, 9.17) is 5.26 Å². The van der Waals surface area contributed by atoms with Gasteiger partial charge >= 0.3 is 0 Å². The minimum absolute atomic E-state index is 0.155. The molecule has 1 aliphatic rings. The van der Waals surface area contributed by atoms with Gasteiger partial charge in [-0.05, 0) is 30.4 Å². The van der Waals surface area contributed by atoms with Crippen LogP contribution in [0.2, 0.25) is 0 Å². The highest BCUT2D eigenvalue weighted by Crippen LogP contribution is 2.45. The Hall–Kier alpha value is -1.34. The van der Waals surface area contributed by atoms with Crippen molar-refractivity contribution in [3.8, 4) is 6.07 Å². The molecule has 4 heteroatoms. The Morgan fingerprint density at radius 3 is 2.92 bits per heavy atom. The maximum atomic E-state index is 11.5. The van der Waals surface area contributed by atoms with Crippen LogP contribution >= 0.6 is 11.3 Å². The Labute approximate surface area is 80.0 Å². The Kier molecular flexibility index (Phi) is 1.82. The maximum absolute atomic E-state index is 11.5. The molecule has 1 aliphatic carbocycles. The van der Waals surface area contributed by atoms with Crippen LogP contribution in [0.5, 0.6) is 0 Å². The molecule has 0 radical (unpaired) electrons. The van der Waals surface area contributed by atoms with E-state index in [-0.39, 0.29) is 5.91 Å². The maximum Gasteiger partial charge on any atom is 0.245 e. The van der Waals surface area contributed by atoms with Gasteiger partial charge in [0.25, 0.3) is 0 Å². The summed E-state index contributed by atoms with van der Waals surface area (Å²) in [5.74, 6) is -0.155. The lowest BCUT2D eigenvalue weighted by Gasteiger charge is -2.04. The molecule has 1 N–H and O–H groups in total. The zero-order valence-electron chi connectivity index (χ0n) is 6.91. The van der Waals surface area contributed by atoms with E-state index in [9.17, 15) is 4.79 Å². The van der Waals surface area contributed by atoms with E-state index >= 15 is 0 Å². The number of rotatable bonds is 2. The van der Waals surface area contributed by atoms with Crippen LogP contribution in [0, 0.1) is 16.7 Å². The molecule has 1 heterocycles.